The van der Waals surface area contributed by atoms with Crippen LogP contribution in [0.3, 0.4) is 0 Å². The maximum atomic E-state index is 13.0. The molecular weight excluding hydrogens is 434 g/mol. The predicted octanol–water partition coefficient (Wildman–Crippen LogP) is 4.71. The number of aromatic nitrogens is 2. The average Bonchev–Trinajstić information content (AvgIpc) is 3.37. The molecule has 0 spiro atoms. The second-order valence-electron chi connectivity index (χ2n) is 7.26. The van der Waals surface area contributed by atoms with Crippen molar-refractivity contribution in [1.82, 2.24) is 9.55 Å². The first-order chi connectivity index (χ1) is 16.6. The molecule has 0 bridgehead atoms. The van der Waals surface area contributed by atoms with Crippen LogP contribution in [0.2, 0.25) is 0 Å². The number of H-pyrrole nitrogens is 1. The third kappa shape index (κ3) is 5.02. The van der Waals surface area contributed by atoms with Gasteiger partial charge >= 0.3 is 11.8 Å². The fourth-order valence-electron chi connectivity index (χ4n) is 3.29. The highest BCUT2D eigenvalue weighted by Crippen LogP contribution is 2.29. The van der Waals surface area contributed by atoms with Crippen molar-refractivity contribution in [3.63, 3.8) is 0 Å². The van der Waals surface area contributed by atoms with Crippen molar-refractivity contribution < 1.29 is 9.15 Å². The predicted molar refractivity (Wildman–Crippen MR) is 130 cm³/mol. The largest absolute Gasteiger partial charge is 0.494 e. The molecule has 0 aliphatic rings. The first-order valence-corrected chi connectivity index (χ1v) is 10.6. The molecule has 0 amide bonds. The molecule has 0 aliphatic heterocycles. The number of hydrogen-bond donors (Lipinski definition) is 1. The zero-order valence-corrected chi connectivity index (χ0v) is 18.8. The van der Waals surface area contributed by atoms with Crippen LogP contribution in [-0.4, -0.2) is 16.2 Å². The van der Waals surface area contributed by atoms with Gasteiger partial charge in [0.05, 0.1) is 19.4 Å². The van der Waals surface area contributed by atoms with E-state index in [-0.39, 0.29) is 17.9 Å². The highest BCUT2D eigenvalue weighted by molar-refractivity contribution is 5.66. The molecule has 2 aromatic carbocycles. The van der Waals surface area contributed by atoms with Crippen molar-refractivity contribution >= 4 is 17.2 Å². The summed E-state index contributed by atoms with van der Waals surface area (Å²) in [4.78, 5) is 34.1. The first-order valence-electron chi connectivity index (χ1n) is 10.6. The SMILES string of the molecule is CCOc1ccc(N(Cc2ccco2)c2[nH]c(=O)n(C)c(=O)c2C#[N+][N-]c2ccccc2)cc1. The van der Waals surface area contributed by atoms with E-state index in [0.717, 1.165) is 4.57 Å². The van der Waals surface area contributed by atoms with Gasteiger partial charge in [-0.15, -0.1) is 0 Å². The molecule has 4 rings (SSSR count). The van der Waals surface area contributed by atoms with Crippen LogP contribution >= 0.6 is 0 Å². The molecule has 0 atom stereocenters. The maximum absolute atomic E-state index is 13.0. The molecule has 0 saturated carbocycles. The van der Waals surface area contributed by atoms with E-state index in [2.05, 4.69) is 21.4 Å². The van der Waals surface area contributed by atoms with E-state index in [1.807, 2.05) is 55.5 Å². The van der Waals surface area contributed by atoms with E-state index < -0.39 is 11.2 Å². The zero-order valence-electron chi connectivity index (χ0n) is 18.8. The molecular formula is C25H23N5O4. The molecule has 0 aliphatic carbocycles. The topological polar surface area (TPSA) is 98.9 Å². The van der Waals surface area contributed by atoms with Crippen molar-refractivity contribution in [2.45, 2.75) is 13.5 Å². The number of rotatable bonds is 7. The molecule has 9 heteroatoms. The van der Waals surface area contributed by atoms with Crippen molar-refractivity contribution in [3.05, 3.63) is 116 Å². The molecule has 34 heavy (non-hydrogen) atoms. The molecule has 0 unspecified atom stereocenters. The van der Waals surface area contributed by atoms with Gasteiger partial charge in [-0.3, -0.25) is 19.8 Å². The van der Waals surface area contributed by atoms with Crippen LogP contribution in [-0.2, 0) is 13.6 Å². The summed E-state index contributed by atoms with van der Waals surface area (Å²) in [7, 11) is 1.39. The van der Waals surface area contributed by atoms with Crippen LogP contribution in [0.15, 0.2) is 87.0 Å². The van der Waals surface area contributed by atoms with E-state index in [1.165, 1.54) is 7.05 Å². The van der Waals surface area contributed by atoms with Gasteiger partial charge in [-0.05, 0) is 43.3 Å². The van der Waals surface area contributed by atoms with Gasteiger partial charge < -0.3 is 14.1 Å². The first kappa shape index (κ1) is 22.5. The Bertz CT molecular complexity index is 1410. The molecule has 0 radical (unpaired) electrons. The van der Waals surface area contributed by atoms with Crippen molar-refractivity contribution in [1.29, 1.82) is 0 Å². The van der Waals surface area contributed by atoms with E-state index in [0.29, 0.717) is 29.5 Å². The van der Waals surface area contributed by atoms with Gasteiger partial charge in [0.15, 0.2) is 0 Å². The minimum absolute atomic E-state index is 0.0576. The number of hydrogen-bond acceptors (Lipinski definition) is 5. The highest BCUT2D eigenvalue weighted by atomic mass is 16.5. The molecule has 172 valence electrons. The number of anilines is 2. The van der Waals surface area contributed by atoms with Crippen LogP contribution in [0.25, 0.3) is 10.4 Å². The Balaban J connectivity index is 1.81. The molecule has 1 N–H and O–H groups in total. The summed E-state index contributed by atoms with van der Waals surface area (Å²) in [5, 5.41) is 0. The van der Waals surface area contributed by atoms with Crippen LogP contribution in [0, 0.1) is 6.07 Å². The molecule has 0 saturated heterocycles. The smallest absolute Gasteiger partial charge is 0.329 e. The number of ether oxygens (including phenoxy) is 1. The zero-order chi connectivity index (χ0) is 23.9. The lowest BCUT2D eigenvalue weighted by atomic mass is 10.2. The third-order valence-electron chi connectivity index (χ3n) is 4.99. The number of benzene rings is 2. The summed E-state index contributed by atoms with van der Waals surface area (Å²) in [6, 6.07) is 22.7. The van der Waals surface area contributed by atoms with E-state index in [9.17, 15) is 9.59 Å². The summed E-state index contributed by atoms with van der Waals surface area (Å²) in [6.45, 7) is 2.69. The van der Waals surface area contributed by atoms with Gasteiger partial charge in [-0.2, -0.15) is 0 Å². The minimum Gasteiger partial charge on any atom is -0.494 e. The monoisotopic (exact) mass is 457 g/mol. The van der Waals surface area contributed by atoms with Crippen LogP contribution in [0.5, 0.6) is 5.75 Å². The number of nitrogens with one attached hydrogen (secondary N) is 1. The summed E-state index contributed by atoms with van der Waals surface area (Å²) in [5.41, 5.74) is 4.34. The fourth-order valence-corrected chi connectivity index (χ4v) is 3.29. The van der Waals surface area contributed by atoms with Gasteiger partial charge in [-0.25, -0.2) is 4.79 Å². The van der Waals surface area contributed by atoms with Crippen LogP contribution < -0.4 is 20.9 Å². The Morgan fingerprint density at radius 3 is 2.53 bits per heavy atom. The molecule has 9 nitrogen and oxygen atoms in total. The van der Waals surface area contributed by atoms with Gasteiger partial charge in [0.2, 0.25) is 5.56 Å². The Labute approximate surface area is 195 Å². The summed E-state index contributed by atoms with van der Waals surface area (Å²) < 4.78 is 12.0. The average molecular weight is 457 g/mol. The Kier molecular flexibility index (Phi) is 6.79. The van der Waals surface area contributed by atoms with E-state index in [4.69, 9.17) is 9.15 Å². The van der Waals surface area contributed by atoms with Crippen molar-refractivity contribution in [2.24, 2.45) is 7.05 Å². The molecule has 0 fully saturated rings. The summed E-state index contributed by atoms with van der Waals surface area (Å²) >= 11 is 0. The summed E-state index contributed by atoms with van der Waals surface area (Å²) in [6.07, 6.45) is 1.56. The quantitative estimate of drug-likeness (QED) is 0.406. The Hall–Kier alpha value is -4.71. The van der Waals surface area contributed by atoms with Gasteiger partial charge in [0, 0.05) is 12.7 Å². The van der Waals surface area contributed by atoms with Crippen LogP contribution in [0.4, 0.5) is 17.2 Å². The van der Waals surface area contributed by atoms with Crippen molar-refractivity contribution in [2.75, 3.05) is 11.5 Å². The van der Waals surface area contributed by atoms with Gasteiger partial charge in [-0.1, -0.05) is 41.0 Å². The minimum atomic E-state index is -0.569. The summed E-state index contributed by atoms with van der Waals surface area (Å²) in [5.74, 6) is 1.56. The van der Waals surface area contributed by atoms with Gasteiger partial charge in [0.1, 0.15) is 17.3 Å². The second kappa shape index (κ2) is 10.3. The lowest BCUT2D eigenvalue weighted by Gasteiger charge is -2.24. The van der Waals surface area contributed by atoms with Crippen LogP contribution in [0.1, 0.15) is 18.2 Å². The standard InChI is InChI=1S/C25H23N5O4/c1-3-33-20-13-11-19(12-14-20)30(17-21-10-7-15-34-21)23-22(24(31)29(2)25(32)27-23)16-26-28-18-8-5-4-6-9-18/h4-15H,3,17H2,1-2H3,(H,27,32). The number of nitrogens with zero attached hydrogens (tertiary/aromatic N) is 4. The lowest BCUT2D eigenvalue weighted by molar-refractivity contribution is 0.340. The molecule has 4 aromatic rings. The third-order valence-corrected chi connectivity index (χ3v) is 4.99. The lowest BCUT2D eigenvalue weighted by Crippen LogP contribution is -2.37. The number of furan rings is 1. The Morgan fingerprint density at radius 1 is 1.09 bits per heavy atom. The van der Waals surface area contributed by atoms with E-state index in [1.54, 1.807) is 29.4 Å². The highest BCUT2D eigenvalue weighted by Gasteiger charge is 2.23. The van der Waals surface area contributed by atoms with Gasteiger partial charge in [0.25, 0.3) is 5.56 Å². The molecule has 2 heterocycles. The maximum Gasteiger partial charge on any atom is 0.329 e. The fraction of sp³-hybridized carbons (Fsp3) is 0.160. The normalized spacial score (nSPS) is 10.3. The van der Waals surface area contributed by atoms with Crippen molar-refractivity contribution in [3.8, 4) is 11.8 Å². The Morgan fingerprint density at radius 2 is 1.85 bits per heavy atom. The second-order valence-corrected chi connectivity index (χ2v) is 7.26. The number of aromatic amines is 1. The van der Waals surface area contributed by atoms with E-state index >= 15 is 0 Å². The molecule has 2 aromatic heterocycles.